The number of rotatable bonds is 12. The van der Waals surface area contributed by atoms with Gasteiger partial charge in [-0.3, -0.25) is 9.59 Å². The molecule has 0 spiro atoms. The number of nitrogens with zero attached hydrogens (tertiary/aromatic N) is 3. The number of ether oxygens (including phenoxy) is 1. The minimum atomic E-state index is -4.75. The maximum Gasteiger partial charge on any atom is 0.416 e. The van der Waals surface area contributed by atoms with Crippen molar-refractivity contribution in [2.75, 3.05) is 5.32 Å². The monoisotopic (exact) mass is 1020 g/mol. The Morgan fingerprint density at radius 3 is 1.99 bits per heavy atom. The summed E-state index contributed by atoms with van der Waals surface area (Å²) in [4.78, 5) is 75.6. The molecule has 1 saturated carbocycles. The van der Waals surface area contributed by atoms with Crippen molar-refractivity contribution < 1.29 is 77.0 Å². The molecule has 358 valence electrons. The summed E-state index contributed by atoms with van der Waals surface area (Å²) in [6.45, 7) is 7.60. The number of alkyl halides is 3. The molecule has 3 unspecified atom stereocenters. The van der Waals surface area contributed by atoms with Crippen LogP contribution in [0.3, 0.4) is 0 Å². The van der Waals surface area contributed by atoms with Crippen molar-refractivity contribution in [3.8, 4) is 17.2 Å². The predicted octanol–water partition coefficient (Wildman–Crippen LogP) is 9.41. The van der Waals surface area contributed by atoms with Gasteiger partial charge in [0.1, 0.15) is 17.7 Å². The van der Waals surface area contributed by atoms with Gasteiger partial charge in [-0.1, -0.05) is 93.6 Å². The smallest absolute Gasteiger partial charge is 0.416 e. The molecule has 5 aromatic rings. The topological polar surface area (TPSA) is 241 Å². The number of carboxylic acid groups (broad SMARTS) is 2. The first-order valence-electron chi connectivity index (χ1n) is 21.4. The van der Waals surface area contributed by atoms with Gasteiger partial charge in [0.2, 0.25) is 5.91 Å². The molecule has 19 heteroatoms. The summed E-state index contributed by atoms with van der Waals surface area (Å²) in [7, 11) is 0. The number of aromatic nitrogens is 1. The van der Waals surface area contributed by atoms with E-state index in [-0.39, 0.29) is 104 Å². The van der Waals surface area contributed by atoms with Crippen LogP contribution in [0.2, 0.25) is 0 Å². The fourth-order valence-electron chi connectivity index (χ4n) is 8.59. The van der Waals surface area contributed by atoms with Crippen LogP contribution in [-0.4, -0.2) is 62.6 Å². The molecule has 0 bridgehead atoms. The van der Waals surface area contributed by atoms with Crippen molar-refractivity contribution in [1.29, 1.82) is 5.26 Å². The largest absolute Gasteiger partial charge is 0.478 e. The molecule has 14 nitrogen and oxygen atoms in total. The summed E-state index contributed by atoms with van der Waals surface area (Å²) in [5.41, 5.74) is -0.722. The van der Waals surface area contributed by atoms with E-state index in [0.29, 0.717) is 23.1 Å². The first-order chi connectivity index (χ1) is 32.3. The van der Waals surface area contributed by atoms with Gasteiger partial charge < -0.3 is 36.0 Å². The van der Waals surface area contributed by atoms with Gasteiger partial charge in [0, 0.05) is 35.5 Å². The van der Waals surface area contributed by atoms with Crippen LogP contribution in [0.25, 0.3) is 22.8 Å². The Morgan fingerprint density at radius 2 is 1.43 bits per heavy atom. The van der Waals surface area contributed by atoms with E-state index in [4.69, 9.17) is 14.7 Å². The average Bonchev–Trinajstić information content (AvgIpc) is 3.83. The number of esters is 1. The van der Waals surface area contributed by atoms with Gasteiger partial charge in [0.25, 0.3) is 0 Å². The number of carboxylic acids is 2. The molecule has 6 N–H and O–H groups in total. The number of nitriles is 1. The molecule has 0 saturated heterocycles. The zero-order chi connectivity index (χ0) is 49.0. The standard InChI is InChI=1S/C51H44F3N5O8S.H2O.Zn/c1-26-18-27(2)43(28(3)19-26)67-50(66)42-41(31-14-9-6-10-15-31)39(57-45(42)59-47(61)32-16-11-17-35(21-32)51(52,53)54)24-38-40(30-12-7-5-8-13-30)37(25-55)44(56-38)58-46(60)29(4)68-36-22-33(48(62)63)20-34(23-36)49(64)65;;/h5-17,20-24,26-29,43H,18-19H2,1-4H3,(H5,56,57,58,59,60,61,62,63,64,65,66);1H2;/p-1. The van der Waals surface area contributed by atoms with E-state index in [1.165, 1.54) is 31.2 Å². The van der Waals surface area contributed by atoms with Crippen LogP contribution in [-0.2, 0) is 35.2 Å². The Morgan fingerprint density at radius 1 is 0.843 bits per heavy atom. The van der Waals surface area contributed by atoms with Gasteiger partial charge in [-0.15, -0.1) is 11.8 Å². The van der Waals surface area contributed by atoms with Gasteiger partial charge in [-0.05, 0) is 102 Å². The molecule has 0 radical (unpaired) electrons. The second kappa shape index (κ2) is 22.5. The molecular formula is C51H45F3N5O9SZn-. The van der Waals surface area contributed by atoms with Gasteiger partial charge in [-0.25, -0.2) is 19.4 Å². The SMILES string of the molecule is CC1CC(C)C(OC(=O)c2c(NC(=O)c3cccc(C(F)(F)F)c3)[n-]c(/C=C3\N=C(NC(=O)C(C)Sc4cc(C(=O)O)cc(C(=O)O)c4)C(C#N)=C3c3ccccc3)c2-c2ccccc2)C(C)C1.O.[Zn]. The summed E-state index contributed by atoms with van der Waals surface area (Å²) in [5.74, 6) is -5.39. The maximum absolute atomic E-state index is 14.7. The third-order valence-electron chi connectivity index (χ3n) is 11.6. The minimum absolute atomic E-state index is 0. The van der Waals surface area contributed by atoms with Crippen molar-refractivity contribution in [2.45, 2.75) is 63.0 Å². The second-order valence-corrected chi connectivity index (χ2v) is 18.1. The molecule has 1 aliphatic heterocycles. The number of amides is 2. The Balaban J connectivity index is 0.00000456. The molecular weight excluding hydrogens is 981 g/mol. The van der Waals surface area contributed by atoms with Crippen LogP contribution >= 0.6 is 11.8 Å². The van der Waals surface area contributed by atoms with Crippen LogP contribution in [0.1, 0.15) is 98.8 Å². The Labute approximate surface area is 417 Å². The summed E-state index contributed by atoms with van der Waals surface area (Å²) in [6.07, 6.45) is -2.23. The molecule has 1 aromatic heterocycles. The summed E-state index contributed by atoms with van der Waals surface area (Å²) in [5, 5.41) is 34.1. The quantitative estimate of drug-likeness (QED) is 0.0521. The van der Waals surface area contributed by atoms with E-state index in [0.717, 1.165) is 42.8 Å². The molecule has 3 atom stereocenters. The maximum atomic E-state index is 14.7. The number of carbonyl (C=O) groups excluding carboxylic acids is 3. The normalized spacial score (nSPS) is 18.6. The number of anilines is 1. The van der Waals surface area contributed by atoms with Crippen molar-refractivity contribution in [2.24, 2.45) is 22.7 Å². The van der Waals surface area contributed by atoms with Crippen molar-refractivity contribution in [3.63, 3.8) is 0 Å². The number of hydrogen-bond acceptors (Lipinski definition) is 9. The molecule has 1 aliphatic carbocycles. The fourth-order valence-corrected chi connectivity index (χ4v) is 9.56. The number of hydrogen-bond donors (Lipinski definition) is 4. The summed E-state index contributed by atoms with van der Waals surface area (Å²) >= 11 is 0.881. The van der Waals surface area contributed by atoms with Crippen LogP contribution in [0.15, 0.2) is 124 Å². The van der Waals surface area contributed by atoms with Gasteiger partial charge in [-0.2, -0.15) is 18.4 Å². The minimum Gasteiger partial charge on any atom is -0.478 e. The number of carbonyl (C=O) groups is 5. The molecule has 70 heavy (non-hydrogen) atoms. The van der Waals surface area contributed by atoms with E-state index < -0.39 is 52.8 Å². The van der Waals surface area contributed by atoms with Crippen molar-refractivity contribution in [1.82, 2.24) is 10.3 Å². The molecule has 4 aromatic carbocycles. The fraction of sp³-hybridized carbons (Fsp3) is 0.235. The average molecular weight is 1030 g/mol. The third kappa shape index (κ3) is 12.0. The molecule has 2 heterocycles. The Hall–Kier alpha value is -7.13. The third-order valence-corrected chi connectivity index (χ3v) is 12.7. The van der Waals surface area contributed by atoms with Crippen LogP contribution < -0.4 is 15.6 Å². The Bertz CT molecular complexity index is 2920. The molecule has 2 aliphatic rings. The Kier molecular flexibility index (Phi) is 17.3. The number of allylic oxidation sites excluding steroid dienone is 1. The first kappa shape index (κ1) is 53.8. The molecule has 1 fully saturated rings. The summed E-state index contributed by atoms with van der Waals surface area (Å²) in [6, 6.07) is 26.6. The van der Waals surface area contributed by atoms with E-state index in [1.807, 2.05) is 13.8 Å². The number of thioether (sulfide) groups is 1. The van der Waals surface area contributed by atoms with Crippen LogP contribution in [0.4, 0.5) is 19.0 Å². The second-order valence-electron chi connectivity index (χ2n) is 16.7. The molecule has 7 rings (SSSR count). The zero-order valence-electron chi connectivity index (χ0n) is 38.1. The van der Waals surface area contributed by atoms with Crippen molar-refractivity contribution >= 4 is 64.8 Å². The van der Waals surface area contributed by atoms with E-state index in [2.05, 4.69) is 23.6 Å². The first-order valence-corrected chi connectivity index (χ1v) is 22.3. The molecule has 2 amide bonds. The van der Waals surface area contributed by atoms with Crippen LogP contribution in [0, 0.1) is 29.1 Å². The van der Waals surface area contributed by atoms with E-state index in [1.54, 1.807) is 60.7 Å². The number of benzene rings is 4. The summed E-state index contributed by atoms with van der Waals surface area (Å²) < 4.78 is 47.6. The predicted molar refractivity (Wildman–Crippen MR) is 252 cm³/mol. The van der Waals surface area contributed by atoms with Crippen molar-refractivity contribution in [3.05, 3.63) is 153 Å². The van der Waals surface area contributed by atoms with E-state index >= 15 is 0 Å². The number of halogens is 3. The number of aromatic carboxylic acids is 2. The van der Waals surface area contributed by atoms with Crippen LogP contribution in [0.5, 0.6) is 0 Å². The number of nitrogens with one attached hydrogen (secondary N) is 2. The van der Waals surface area contributed by atoms with Gasteiger partial charge in [0.15, 0.2) is 11.7 Å². The number of aliphatic imine (C=N–C) groups is 1. The number of amidine groups is 1. The van der Waals surface area contributed by atoms with E-state index in [9.17, 15) is 52.6 Å². The van der Waals surface area contributed by atoms with Gasteiger partial charge >= 0.3 is 24.1 Å². The van der Waals surface area contributed by atoms with Gasteiger partial charge in [0.05, 0.1) is 33.2 Å². The zero-order valence-corrected chi connectivity index (χ0v) is 41.9.